The molecule has 0 aliphatic carbocycles. The second kappa shape index (κ2) is 16.2. The van der Waals surface area contributed by atoms with Gasteiger partial charge in [0.25, 0.3) is 0 Å². The molecule has 2 amide bonds. The smallest absolute Gasteiger partial charge is 0.243 e. The maximum Gasteiger partial charge on any atom is 0.243 e. The second-order valence-electron chi connectivity index (χ2n) is 15.5. The van der Waals surface area contributed by atoms with Gasteiger partial charge in [-0.3, -0.25) is 19.3 Å². The number of benzene rings is 2. The molecule has 2 saturated heterocycles. The number of carbonyl (C=O) groups excluding carboxylic acids is 3. The van der Waals surface area contributed by atoms with Gasteiger partial charge in [0.1, 0.15) is 17.6 Å². The van der Waals surface area contributed by atoms with Crippen LogP contribution >= 0.6 is 11.3 Å². The summed E-state index contributed by atoms with van der Waals surface area (Å²) in [6.07, 6.45) is -0.681. The molecule has 2 aromatic carbocycles. The number of thiazole rings is 1. The molecule has 0 unspecified atom stereocenters. The fraction of sp³-hybridized carbons (Fsp3) is 0.450. The van der Waals surface area contributed by atoms with E-state index in [0.29, 0.717) is 43.1 Å². The molecule has 0 radical (unpaired) electrons. The van der Waals surface area contributed by atoms with Crippen molar-refractivity contribution in [2.45, 2.75) is 65.6 Å². The molecular formula is C40H50N8O5S. The summed E-state index contributed by atoms with van der Waals surface area (Å²) in [5.41, 5.74) is 12.2. The number of phenols is 1. The Morgan fingerprint density at radius 3 is 2.39 bits per heavy atom. The number of β-amino-alcohol motifs (C(OH)–C–C–N with tert-alkyl or cyclic N) is 1. The van der Waals surface area contributed by atoms with Crippen LogP contribution in [0, 0.1) is 18.3 Å². The number of para-hydroxylation sites is 1. The highest BCUT2D eigenvalue weighted by atomic mass is 32.1. The number of piperazine rings is 1. The predicted octanol–water partition coefficient (Wildman–Crippen LogP) is 4.45. The Hall–Kier alpha value is -4.92. The average molecular weight is 755 g/mol. The first kappa shape index (κ1) is 38.8. The number of phenolic OH excluding ortho intramolecular Hbond substituents is 1. The van der Waals surface area contributed by atoms with Crippen LogP contribution in [-0.4, -0.2) is 104 Å². The van der Waals surface area contributed by atoms with Gasteiger partial charge in [-0.2, -0.15) is 0 Å². The van der Waals surface area contributed by atoms with Gasteiger partial charge in [-0.1, -0.05) is 57.2 Å². The zero-order valence-electron chi connectivity index (χ0n) is 31.5. The van der Waals surface area contributed by atoms with Crippen LogP contribution < -0.4 is 16.0 Å². The number of aromatic nitrogens is 3. The van der Waals surface area contributed by atoms with Crippen molar-refractivity contribution in [1.29, 1.82) is 0 Å². The molecular weight excluding hydrogens is 705 g/mol. The summed E-state index contributed by atoms with van der Waals surface area (Å²) in [6.45, 7) is 12.3. The lowest BCUT2D eigenvalue weighted by atomic mass is 9.76. The van der Waals surface area contributed by atoms with E-state index in [4.69, 9.17) is 5.73 Å². The number of nitrogens with zero attached hydrogens (tertiary/aromatic N) is 6. The number of aryl methyl sites for hydroxylation is 1. The van der Waals surface area contributed by atoms with Crippen molar-refractivity contribution in [2.75, 3.05) is 49.9 Å². The number of Topliss-reactive ketones (excluding diaryl/α,β-unsaturated/α-hetero) is 1. The first-order valence-electron chi connectivity index (χ1n) is 18.4. The minimum atomic E-state index is -0.844. The van der Waals surface area contributed by atoms with E-state index < -0.39 is 23.5 Å². The summed E-state index contributed by atoms with van der Waals surface area (Å²) in [5.74, 6) is -0.972. The summed E-state index contributed by atoms with van der Waals surface area (Å²) in [6, 6.07) is 15.6. The highest BCUT2D eigenvalue weighted by Crippen LogP contribution is 2.35. The normalized spacial score (nSPS) is 19.1. The SMILES string of the molecule is Cc1ncsc1-c1ccc([C@H](C)NC(=O)[C@H]2C[C@H](O)CN2C(=O)[C@@H](CC(=O)CN2CCN(c3cc(-c4ccccc4O)nnc3N)CC2)C(C)(C)C)cc1. The van der Waals surface area contributed by atoms with Crippen molar-refractivity contribution < 1.29 is 24.6 Å². The van der Waals surface area contributed by atoms with E-state index in [-0.39, 0.29) is 61.1 Å². The number of ketones is 1. The van der Waals surface area contributed by atoms with Crippen LogP contribution in [0.5, 0.6) is 5.75 Å². The van der Waals surface area contributed by atoms with Crippen molar-refractivity contribution in [3.63, 3.8) is 0 Å². The first-order valence-corrected chi connectivity index (χ1v) is 19.3. The van der Waals surface area contributed by atoms with E-state index >= 15 is 0 Å². The predicted molar refractivity (Wildman–Crippen MR) is 210 cm³/mol. The van der Waals surface area contributed by atoms with Crippen molar-refractivity contribution in [3.05, 3.63) is 71.4 Å². The molecule has 2 aliphatic rings. The largest absolute Gasteiger partial charge is 0.507 e. The number of aromatic hydroxyl groups is 1. The number of anilines is 2. The molecule has 4 atom stereocenters. The zero-order chi connectivity index (χ0) is 38.7. The van der Waals surface area contributed by atoms with E-state index in [1.165, 1.54) is 4.90 Å². The number of nitrogens with two attached hydrogens (primary N) is 1. The quantitative estimate of drug-likeness (QED) is 0.170. The summed E-state index contributed by atoms with van der Waals surface area (Å²) < 4.78 is 0. The molecule has 0 spiro atoms. The lowest BCUT2D eigenvalue weighted by molar-refractivity contribution is -0.146. The van der Waals surface area contributed by atoms with Crippen LogP contribution in [0.1, 0.15) is 57.8 Å². The molecule has 4 aromatic rings. The van der Waals surface area contributed by atoms with E-state index in [0.717, 1.165) is 21.7 Å². The van der Waals surface area contributed by atoms with Gasteiger partial charge in [-0.25, -0.2) is 4.98 Å². The second-order valence-corrected chi connectivity index (χ2v) is 16.3. The number of likely N-dealkylation sites (tertiary alicyclic amines) is 1. The summed E-state index contributed by atoms with van der Waals surface area (Å²) >= 11 is 1.58. The van der Waals surface area contributed by atoms with Crippen LogP contribution in [0.15, 0.2) is 60.1 Å². The minimum absolute atomic E-state index is 0.0244. The molecule has 0 bridgehead atoms. The van der Waals surface area contributed by atoms with Gasteiger partial charge in [-0.15, -0.1) is 21.5 Å². The molecule has 2 fully saturated rings. The number of hydrogen-bond acceptors (Lipinski definition) is 12. The number of rotatable bonds is 11. The Labute approximate surface area is 320 Å². The number of nitrogens with one attached hydrogen (secondary N) is 1. The van der Waals surface area contributed by atoms with Crippen molar-refractivity contribution in [2.24, 2.45) is 11.3 Å². The van der Waals surface area contributed by atoms with E-state index in [2.05, 4.69) is 30.3 Å². The van der Waals surface area contributed by atoms with E-state index in [9.17, 15) is 24.6 Å². The van der Waals surface area contributed by atoms with Gasteiger partial charge < -0.3 is 31.1 Å². The highest BCUT2D eigenvalue weighted by Gasteiger charge is 2.44. The molecule has 4 heterocycles. The molecule has 2 aromatic heterocycles. The Morgan fingerprint density at radius 2 is 1.74 bits per heavy atom. The summed E-state index contributed by atoms with van der Waals surface area (Å²) in [4.78, 5) is 52.6. The highest BCUT2D eigenvalue weighted by molar-refractivity contribution is 7.13. The van der Waals surface area contributed by atoms with Gasteiger partial charge >= 0.3 is 0 Å². The van der Waals surface area contributed by atoms with Crippen LogP contribution in [-0.2, 0) is 14.4 Å². The van der Waals surface area contributed by atoms with Gasteiger partial charge in [0.2, 0.25) is 11.8 Å². The molecule has 5 N–H and O–H groups in total. The van der Waals surface area contributed by atoms with E-state index in [1.807, 2.05) is 76.5 Å². The molecule has 2 aliphatic heterocycles. The van der Waals surface area contributed by atoms with Gasteiger partial charge in [-0.05, 0) is 48.6 Å². The lowest BCUT2D eigenvalue weighted by Gasteiger charge is -2.37. The van der Waals surface area contributed by atoms with Crippen molar-refractivity contribution in [3.8, 4) is 27.4 Å². The van der Waals surface area contributed by atoms with Crippen molar-refractivity contribution >= 4 is 40.4 Å². The first-order chi connectivity index (χ1) is 25.7. The number of aliphatic hydroxyl groups is 1. The fourth-order valence-electron chi connectivity index (χ4n) is 7.32. The molecule has 6 rings (SSSR count). The number of amides is 2. The Bertz CT molecular complexity index is 1970. The van der Waals surface area contributed by atoms with Crippen LogP contribution in [0.2, 0.25) is 0 Å². The van der Waals surface area contributed by atoms with Gasteiger partial charge in [0.05, 0.1) is 46.2 Å². The Kier molecular flexibility index (Phi) is 11.6. The zero-order valence-corrected chi connectivity index (χ0v) is 32.3. The maximum absolute atomic E-state index is 14.2. The summed E-state index contributed by atoms with van der Waals surface area (Å²) in [5, 5.41) is 32.4. The molecule has 286 valence electrons. The number of hydrogen-bond donors (Lipinski definition) is 4. The Morgan fingerprint density at radius 1 is 1.04 bits per heavy atom. The number of aliphatic hydroxyl groups excluding tert-OH is 1. The topological polar surface area (TPSA) is 178 Å². The third kappa shape index (κ3) is 8.72. The van der Waals surface area contributed by atoms with Crippen molar-refractivity contribution in [1.82, 2.24) is 30.3 Å². The fourth-order valence-corrected chi connectivity index (χ4v) is 8.13. The lowest BCUT2D eigenvalue weighted by Crippen LogP contribution is -2.51. The average Bonchev–Trinajstić information content (AvgIpc) is 3.76. The summed E-state index contributed by atoms with van der Waals surface area (Å²) in [7, 11) is 0. The standard InChI is InChI=1S/C40H50N8O5S/c1-24(26-10-12-27(13-11-26)36-25(2)42-23-54-36)43-38(52)34-19-29(50)22-48(34)39(53)31(40(3,4)5)18-28(49)21-46-14-16-47(17-15-46)33-20-32(44-45-37(33)41)30-8-6-7-9-35(30)51/h6-13,20,23-24,29,31,34,50-51H,14-19,21-22H2,1-5H3,(H2,41,45)(H,43,52)/t24-,29-,31+,34+/m0/s1. The molecule has 14 heteroatoms. The Balaban J connectivity index is 1.06. The monoisotopic (exact) mass is 754 g/mol. The van der Waals surface area contributed by atoms with Crippen LogP contribution in [0.25, 0.3) is 21.7 Å². The van der Waals surface area contributed by atoms with Crippen LogP contribution in [0.4, 0.5) is 11.5 Å². The number of nitrogen functional groups attached to an aromatic ring is 1. The molecule has 13 nitrogen and oxygen atoms in total. The molecule has 54 heavy (non-hydrogen) atoms. The van der Waals surface area contributed by atoms with E-state index in [1.54, 1.807) is 29.5 Å². The third-order valence-electron chi connectivity index (χ3n) is 10.5. The van der Waals surface area contributed by atoms with Gasteiger partial charge in [0.15, 0.2) is 5.82 Å². The number of carbonyl (C=O) groups is 3. The van der Waals surface area contributed by atoms with Crippen LogP contribution in [0.3, 0.4) is 0 Å². The minimum Gasteiger partial charge on any atom is -0.507 e. The maximum atomic E-state index is 14.2. The third-order valence-corrected chi connectivity index (χ3v) is 11.5. The van der Waals surface area contributed by atoms with Gasteiger partial charge in [0, 0.05) is 57.0 Å². The molecule has 0 saturated carbocycles.